The zero-order chi connectivity index (χ0) is 14.8. The van der Waals surface area contributed by atoms with Crippen molar-refractivity contribution in [3.8, 4) is 0 Å². The van der Waals surface area contributed by atoms with Crippen molar-refractivity contribution in [2.24, 2.45) is 10.7 Å². The van der Waals surface area contributed by atoms with Crippen LogP contribution in [0.15, 0.2) is 59.6 Å². The van der Waals surface area contributed by atoms with Crippen LogP contribution in [0.2, 0.25) is 0 Å². The summed E-state index contributed by atoms with van der Waals surface area (Å²) in [5, 5.41) is 0. The molecule has 21 heavy (non-hydrogen) atoms. The van der Waals surface area contributed by atoms with Crippen LogP contribution in [0.25, 0.3) is 0 Å². The summed E-state index contributed by atoms with van der Waals surface area (Å²) in [6.07, 6.45) is 0. The summed E-state index contributed by atoms with van der Waals surface area (Å²) < 4.78 is 0. The Morgan fingerprint density at radius 3 is 2.38 bits per heavy atom. The Bertz CT molecular complexity index is 738. The molecule has 2 aromatic carbocycles. The average Bonchev–Trinajstić information content (AvgIpc) is 2.64. The number of rotatable bonds is 1. The molecule has 0 unspecified atom stereocenters. The number of fused-ring (bicyclic) bond motifs is 1. The molecule has 3 amide bonds. The molecule has 0 spiro atoms. The third-order valence-electron chi connectivity index (χ3n) is 3.19. The number of nitrogens with zero attached hydrogens (tertiary/aromatic N) is 2. The largest absolute Gasteiger partial charge is 0.351 e. The van der Waals surface area contributed by atoms with Crippen molar-refractivity contribution in [2.45, 2.75) is 0 Å². The van der Waals surface area contributed by atoms with Gasteiger partial charge in [-0.15, -0.1) is 0 Å². The first-order valence-electron chi connectivity index (χ1n) is 6.38. The number of amides is 3. The highest BCUT2D eigenvalue weighted by Crippen LogP contribution is 2.27. The van der Waals surface area contributed by atoms with Crippen LogP contribution in [0.1, 0.15) is 11.1 Å². The maximum absolute atomic E-state index is 12.1. The summed E-state index contributed by atoms with van der Waals surface area (Å²) in [4.78, 5) is 28.8. The number of hydrogen-bond donors (Lipinski definition) is 1. The second-order valence-electron chi connectivity index (χ2n) is 4.50. The number of hydrogen-bond acceptors (Lipinski definition) is 3. The lowest BCUT2D eigenvalue weighted by Crippen LogP contribution is -2.40. The molecule has 103 valence electrons. The standard InChI is InChI=1S/C16H12N3O2/c17-16(21)19-13-9-5-4-8-12(13)15(18-10-14(19)20)11-6-2-1-3-7-11/h1-10H,(H2,17,21). The van der Waals surface area contributed by atoms with Gasteiger partial charge in [-0.2, -0.15) is 0 Å². The number of para-hydroxylation sites is 1. The maximum Gasteiger partial charge on any atom is 0.326 e. The topological polar surface area (TPSA) is 75.8 Å². The lowest BCUT2D eigenvalue weighted by molar-refractivity contribution is -0.114. The molecule has 1 heterocycles. The number of carbonyl (C=O) groups is 2. The van der Waals surface area contributed by atoms with Crippen LogP contribution in [0.3, 0.4) is 0 Å². The number of carbonyl (C=O) groups excluding carboxylic acids is 2. The van der Waals surface area contributed by atoms with E-state index in [1.807, 2.05) is 42.5 Å². The van der Waals surface area contributed by atoms with Crippen molar-refractivity contribution in [2.75, 3.05) is 4.90 Å². The molecule has 0 bridgehead atoms. The van der Waals surface area contributed by atoms with Crippen molar-refractivity contribution >= 4 is 23.3 Å². The fourth-order valence-electron chi connectivity index (χ4n) is 2.29. The first-order chi connectivity index (χ1) is 10.2. The summed E-state index contributed by atoms with van der Waals surface area (Å²) in [6.45, 7) is 1.12. The molecule has 5 heteroatoms. The summed E-state index contributed by atoms with van der Waals surface area (Å²) in [6, 6.07) is 15.7. The van der Waals surface area contributed by atoms with Crippen LogP contribution in [0.4, 0.5) is 10.5 Å². The minimum absolute atomic E-state index is 0.436. The first kappa shape index (κ1) is 13.1. The third kappa shape index (κ3) is 2.29. The molecular formula is C16H12N3O2. The fourth-order valence-corrected chi connectivity index (χ4v) is 2.29. The van der Waals surface area contributed by atoms with Gasteiger partial charge in [0.1, 0.15) is 0 Å². The molecule has 1 aliphatic heterocycles. The van der Waals surface area contributed by atoms with Crippen LogP contribution in [0.5, 0.6) is 0 Å². The summed E-state index contributed by atoms with van der Waals surface area (Å²) in [5.74, 6) is -0.555. The second kappa shape index (κ2) is 5.20. The Kier molecular flexibility index (Phi) is 3.23. The van der Waals surface area contributed by atoms with E-state index in [9.17, 15) is 9.59 Å². The van der Waals surface area contributed by atoms with Gasteiger partial charge < -0.3 is 5.73 Å². The smallest absolute Gasteiger partial charge is 0.326 e. The van der Waals surface area contributed by atoms with Crippen molar-refractivity contribution in [3.05, 3.63) is 72.3 Å². The number of nitrogens with two attached hydrogens (primary N) is 1. The highest BCUT2D eigenvalue weighted by atomic mass is 16.2. The van der Waals surface area contributed by atoms with Crippen LogP contribution in [-0.4, -0.2) is 17.6 Å². The molecule has 2 aromatic rings. The van der Waals surface area contributed by atoms with Gasteiger partial charge in [-0.05, 0) is 6.07 Å². The molecule has 3 rings (SSSR count). The van der Waals surface area contributed by atoms with E-state index in [1.54, 1.807) is 12.1 Å². The number of benzene rings is 2. The molecule has 0 aromatic heterocycles. The number of benzodiazepines with no additional fused rings is 1. The van der Waals surface area contributed by atoms with Crippen molar-refractivity contribution in [3.63, 3.8) is 0 Å². The lowest BCUT2D eigenvalue weighted by atomic mass is 10.0. The SMILES string of the molecule is NC(=O)N1C(=O)[CH]N=C(c2ccccc2)c2ccccc21. The van der Waals surface area contributed by atoms with E-state index in [0.29, 0.717) is 17.0 Å². The molecule has 0 saturated heterocycles. The highest BCUT2D eigenvalue weighted by molar-refractivity contribution is 6.26. The number of urea groups is 1. The van der Waals surface area contributed by atoms with Crippen LogP contribution in [0, 0.1) is 6.54 Å². The van der Waals surface area contributed by atoms with Crippen molar-refractivity contribution < 1.29 is 9.59 Å². The predicted molar refractivity (Wildman–Crippen MR) is 79.9 cm³/mol. The summed E-state index contributed by atoms with van der Waals surface area (Å²) in [5.41, 5.74) is 7.93. The molecule has 0 aliphatic carbocycles. The Hall–Kier alpha value is -2.95. The molecule has 1 aliphatic rings. The maximum atomic E-state index is 12.1. The number of imide groups is 1. The van der Waals surface area contributed by atoms with E-state index in [1.165, 1.54) is 0 Å². The quantitative estimate of drug-likeness (QED) is 0.867. The molecule has 2 N–H and O–H groups in total. The van der Waals surface area contributed by atoms with Crippen molar-refractivity contribution in [1.82, 2.24) is 0 Å². The van der Waals surface area contributed by atoms with Crippen LogP contribution < -0.4 is 10.6 Å². The van der Waals surface area contributed by atoms with Crippen molar-refractivity contribution in [1.29, 1.82) is 0 Å². The van der Waals surface area contributed by atoms with Gasteiger partial charge >= 0.3 is 6.03 Å². The van der Waals surface area contributed by atoms with Gasteiger partial charge in [-0.3, -0.25) is 9.79 Å². The molecule has 0 fully saturated rings. The monoisotopic (exact) mass is 278 g/mol. The van der Waals surface area contributed by atoms with Gasteiger partial charge in [0.25, 0.3) is 5.91 Å². The zero-order valence-electron chi connectivity index (χ0n) is 11.1. The van der Waals surface area contributed by atoms with Gasteiger partial charge in [-0.25, -0.2) is 9.69 Å². The molecule has 0 saturated carbocycles. The molecule has 0 atom stereocenters. The average molecular weight is 278 g/mol. The Morgan fingerprint density at radius 2 is 1.67 bits per heavy atom. The van der Waals surface area contributed by atoms with E-state index < -0.39 is 11.9 Å². The Balaban J connectivity index is 2.21. The first-order valence-corrected chi connectivity index (χ1v) is 6.38. The van der Waals surface area contributed by atoms with E-state index in [2.05, 4.69) is 4.99 Å². The van der Waals surface area contributed by atoms with E-state index in [-0.39, 0.29) is 0 Å². The normalized spacial score (nSPS) is 14.2. The lowest BCUT2D eigenvalue weighted by Gasteiger charge is -2.18. The minimum atomic E-state index is -0.826. The highest BCUT2D eigenvalue weighted by Gasteiger charge is 2.28. The van der Waals surface area contributed by atoms with E-state index in [4.69, 9.17) is 5.73 Å². The molecule has 5 nitrogen and oxygen atoms in total. The third-order valence-corrected chi connectivity index (χ3v) is 3.19. The van der Waals surface area contributed by atoms with Crippen LogP contribution in [-0.2, 0) is 4.79 Å². The molecular weight excluding hydrogens is 266 g/mol. The van der Waals surface area contributed by atoms with Gasteiger partial charge in [0, 0.05) is 11.1 Å². The van der Waals surface area contributed by atoms with Gasteiger partial charge in [0.05, 0.1) is 11.4 Å². The Morgan fingerprint density at radius 1 is 1.00 bits per heavy atom. The number of aliphatic imine (C=N–C) groups is 1. The van der Waals surface area contributed by atoms with E-state index in [0.717, 1.165) is 17.0 Å². The van der Waals surface area contributed by atoms with Gasteiger partial charge in [-0.1, -0.05) is 48.5 Å². The minimum Gasteiger partial charge on any atom is -0.351 e. The predicted octanol–water partition coefficient (Wildman–Crippen LogP) is 2.11. The Labute approximate surface area is 121 Å². The summed E-state index contributed by atoms with van der Waals surface area (Å²) >= 11 is 0. The number of anilines is 1. The summed E-state index contributed by atoms with van der Waals surface area (Å²) in [7, 11) is 0. The molecule has 1 radical (unpaired) electrons. The number of primary amides is 1. The fraction of sp³-hybridized carbons (Fsp3) is 0. The second-order valence-corrected chi connectivity index (χ2v) is 4.50. The van der Waals surface area contributed by atoms with Gasteiger partial charge in [0.2, 0.25) is 0 Å². The van der Waals surface area contributed by atoms with E-state index >= 15 is 0 Å². The zero-order valence-corrected chi connectivity index (χ0v) is 11.1. The van der Waals surface area contributed by atoms with Gasteiger partial charge in [0.15, 0.2) is 6.54 Å². The van der Waals surface area contributed by atoms with Crippen LogP contribution >= 0.6 is 0 Å².